The van der Waals surface area contributed by atoms with Gasteiger partial charge in [-0.1, -0.05) is 17.7 Å². The highest BCUT2D eigenvalue weighted by molar-refractivity contribution is 5.68. The quantitative estimate of drug-likeness (QED) is 0.627. The van der Waals surface area contributed by atoms with Crippen molar-refractivity contribution in [3.8, 4) is 23.0 Å². The normalized spacial score (nSPS) is 11.1. The number of methoxy groups -OCH3 is 1. The highest BCUT2D eigenvalue weighted by atomic mass is 16.5. The Morgan fingerprint density at radius 3 is 2.42 bits per heavy atom. The molecular weight excluding hydrogens is 304 g/mol. The Labute approximate surface area is 140 Å². The van der Waals surface area contributed by atoms with Gasteiger partial charge in [0.2, 0.25) is 0 Å². The molecule has 0 bridgehead atoms. The van der Waals surface area contributed by atoms with Gasteiger partial charge in [0.15, 0.2) is 5.69 Å². The van der Waals surface area contributed by atoms with Crippen LogP contribution < -0.4 is 4.74 Å². The average Bonchev–Trinajstić information content (AvgIpc) is 2.96. The van der Waals surface area contributed by atoms with E-state index in [1.54, 1.807) is 37.4 Å². The molecule has 1 aromatic heterocycles. The first kappa shape index (κ1) is 15.8. The van der Waals surface area contributed by atoms with E-state index in [1.165, 1.54) is 0 Å². The lowest BCUT2D eigenvalue weighted by molar-refractivity contribution is 0.339. The SMILES string of the molecule is COc1ccc(N=Nc2cc(-c3cc(C)ccc3C)oc2O)cc1. The van der Waals surface area contributed by atoms with E-state index in [4.69, 9.17) is 9.15 Å². The zero-order chi connectivity index (χ0) is 17.1. The van der Waals surface area contributed by atoms with Gasteiger partial charge in [-0.05, 0) is 49.7 Å². The van der Waals surface area contributed by atoms with Gasteiger partial charge in [-0.25, -0.2) is 0 Å². The third-order valence-corrected chi connectivity index (χ3v) is 3.70. The standard InChI is InChI=1S/C19H18N2O3/c1-12-4-5-13(2)16(10-12)18-11-17(19(22)24-18)21-20-14-6-8-15(23-3)9-7-14/h4-11,22H,1-3H3. The fraction of sp³-hybridized carbons (Fsp3) is 0.158. The summed E-state index contributed by atoms with van der Waals surface area (Å²) < 4.78 is 10.5. The zero-order valence-electron chi connectivity index (χ0n) is 13.8. The molecule has 0 saturated heterocycles. The van der Waals surface area contributed by atoms with E-state index in [0.29, 0.717) is 17.1 Å². The van der Waals surface area contributed by atoms with Crippen LogP contribution in [0.2, 0.25) is 0 Å². The lowest BCUT2D eigenvalue weighted by Crippen LogP contribution is -1.82. The van der Waals surface area contributed by atoms with E-state index in [2.05, 4.69) is 10.2 Å². The third kappa shape index (κ3) is 3.30. The first-order valence-corrected chi connectivity index (χ1v) is 7.53. The average molecular weight is 322 g/mol. The molecule has 0 radical (unpaired) electrons. The van der Waals surface area contributed by atoms with Crippen molar-refractivity contribution < 1.29 is 14.3 Å². The number of hydrogen-bond acceptors (Lipinski definition) is 5. The maximum absolute atomic E-state index is 9.97. The van der Waals surface area contributed by atoms with Crippen molar-refractivity contribution in [2.45, 2.75) is 13.8 Å². The molecule has 5 heteroatoms. The molecule has 2 aromatic carbocycles. The summed E-state index contributed by atoms with van der Waals surface area (Å²) in [6.45, 7) is 4.00. The predicted octanol–water partition coefficient (Wildman–Crippen LogP) is 5.69. The third-order valence-electron chi connectivity index (χ3n) is 3.70. The summed E-state index contributed by atoms with van der Waals surface area (Å²) in [4.78, 5) is 0. The number of aryl methyl sites for hydroxylation is 2. The molecule has 0 aliphatic rings. The van der Waals surface area contributed by atoms with Crippen molar-refractivity contribution in [2.75, 3.05) is 7.11 Å². The van der Waals surface area contributed by atoms with E-state index in [-0.39, 0.29) is 5.95 Å². The summed E-state index contributed by atoms with van der Waals surface area (Å²) in [5, 5.41) is 18.2. The second-order valence-corrected chi connectivity index (χ2v) is 5.52. The van der Waals surface area contributed by atoms with Gasteiger partial charge >= 0.3 is 5.95 Å². The fourth-order valence-electron chi connectivity index (χ4n) is 2.34. The molecule has 0 saturated carbocycles. The van der Waals surface area contributed by atoms with Crippen molar-refractivity contribution in [2.24, 2.45) is 10.2 Å². The van der Waals surface area contributed by atoms with Crippen molar-refractivity contribution in [3.05, 3.63) is 59.7 Å². The summed E-state index contributed by atoms with van der Waals surface area (Å²) in [6.07, 6.45) is 0. The van der Waals surface area contributed by atoms with Crippen LogP contribution in [-0.2, 0) is 0 Å². The summed E-state index contributed by atoms with van der Waals surface area (Å²) in [6, 6.07) is 14.9. The summed E-state index contributed by atoms with van der Waals surface area (Å²) in [5.74, 6) is 1.07. The first-order chi connectivity index (χ1) is 11.6. The molecular formula is C19H18N2O3. The molecule has 0 aliphatic carbocycles. The van der Waals surface area contributed by atoms with Crippen LogP contribution in [0.4, 0.5) is 11.4 Å². The van der Waals surface area contributed by atoms with Crippen LogP contribution in [0, 0.1) is 13.8 Å². The van der Waals surface area contributed by atoms with E-state index in [0.717, 1.165) is 22.4 Å². The number of hydrogen-bond donors (Lipinski definition) is 1. The minimum absolute atomic E-state index is 0.247. The fourth-order valence-corrected chi connectivity index (χ4v) is 2.34. The molecule has 1 heterocycles. The highest BCUT2D eigenvalue weighted by Gasteiger charge is 2.13. The predicted molar refractivity (Wildman–Crippen MR) is 92.5 cm³/mol. The number of benzene rings is 2. The number of rotatable bonds is 4. The lowest BCUT2D eigenvalue weighted by Gasteiger charge is -2.03. The molecule has 0 fully saturated rings. The summed E-state index contributed by atoms with van der Waals surface area (Å²) in [5.41, 5.74) is 4.06. The van der Waals surface area contributed by atoms with Crippen molar-refractivity contribution in [1.82, 2.24) is 0 Å². The molecule has 1 N–H and O–H groups in total. The van der Waals surface area contributed by atoms with Gasteiger partial charge in [0, 0.05) is 11.6 Å². The number of nitrogens with zero attached hydrogens (tertiary/aromatic N) is 2. The second-order valence-electron chi connectivity index (χ2n) is 5.52. The highest BCUT2D eigenvalue weighted by Crippen LogP contribution is 2.38. The largest absolute Gasteiger partial charge is 0.497 e. The number of ether oxygens (including phenoxy) is 1. The van der Waals surface area contributed by atoms with Gasteiger partial charge in [0.1, 0.15) is 11.5 Å². The Kier molecular flexibility index (Phi) is 4.33. The molecule has 0 spiro atoms. The van der Waals surface area contributed by atoms with Crippen LogP contribution in [0.3, 0.4) is 0 Å². The molecule has 3 rings (SSSR count). The molecule has 0 atom stereocenters. The van der Waals surface area contributed by atoms with Gasteiger partial charge in [-0.2, -0.15) is 5.11 Å². The monoisotopic (exact) mass is 322 g/mol. The van der Waals surface area contributed by atoms with Crippen LogP contribution in [0.1, 0.15) is 11.1 Å². The van der Waals surface area contributed by atoms with E-state index in [9.17, 15) is 5.11 Å². The van der Waals surface area contributed by atoms with E-state index in [1.807, 2.05) is 32.0 Å². The summed E-state index contributed by atoms with van der Waals surface area (Å²) in [7, 11) is 1.61. The number of aromatic hydroxyl groups is 1. The molecule has 0 unspecified atom stereocenters. The first-order valence-electron chi connectivity index (χ1n) is 7.53. The van der Waals surface area contributed by atoms with E-state index < -0.39 is 0 Å². The molecule has 0 aliphatic heterocycles. The second kappa shape index (κ2) is 6.58. The Morgan fingerprint density at radius 1 is 0.958 bits per heavy atom. The van der Waals surface area contributed by atoms with Crippen molar-refractivity contribution in [3.63, 3.8) is 0 Å². The molecule has 5 nitrogen and oxygen atoms in total. The van der Waals surface area contributed by atoms with Crippen molar-refractivity contribution >= 4 is 11.4 Å². The summed E-state index contributed by atoms with van der Waals surface area (Å²) >= 11 is 0. The smallest absolute Gasteiger partial charge is 0.311 e. The topological polar surface area (TPSA) is 67.3 Å². The van der Waals surface area contributed by atoms with Crippen molar-refractivity contribution in [1.29, 1.82) is 0 Å². The minimum atomic E-state index is -0.247. The van der Waals surface area contributed by atoms with Gasteiger partial charge in [-0.15, -0.1) is 5.11 Å². The Hall–Kier alpha value is -3.08. The van der Waals surface area contributed by atoms with Gasteiger partial charge in [-0.3, -0.25) is 0 Å². The Bertz CT molecular complexity index is 880. The Morgan fingerprint density at radius 2 is 1.71 bits per heavy atom. The van der Waals surface area contributed by atoms with Gasteiger partial charge in [0.05, 0.1) is 12.8 Å². The van der Waals surface area contributed by atoms with Gasteiger partial charge in [0.25, 0.3) is 0 Å². The number of azo groups is 1. The van der Waals surface area contributed by atoms with Gasteiger partial charge < -0.3 is 14.3 Å². The zero-order valence-corrected chi connectivity index (χ0v) is 13.8. The number of furan rings is 1. The van der Waals surface area contributed by atoms with Crippen LogP contribution >= 0.6 is 0 Å². The maximum Gasteiger partial charge on any atom is 0.311 e. The lowest BCUT2D eigenvalue weighted by atomic mass is 10.0. The van der Waals surface area contributed by atoms with Crippen LogP contribution in [0.5, 0.6) is 11.7 Å². The van der Waals surface area contributed by atoms with Crippen LogP contribution in [0.25, 0.3) is 11.3 Å². The molecule has 24 heavy (non-hydrogen) atoms. The molecule has 3 aromatic rings. The Balaban J connectivity index is 1.88. The molecule has 122 valence electrons. The maximum atomic E-state index is 9.97. The molecule has 0 amide bonds. The minimum Gasteiger partial charge on any atom is -0.497 e. The van der Waals surface area contributed by atoms with Crippen LogP contribution in [0.15, 0.2) is 63.2 Å². The van der Waals surface area contributed by atoms with Crippen LogP contribution in [-0.4, -0.2) is 12.2 Å². The van der Waals surface area contributed by atoms with E-state index >= 15 is 0 Å².